The van der Waals surface area contributed by atoms with Gasteiger partial charge in [0.15, 0.2) is 0 Å². The lowest BCUT2D eigenvalue weighted by atomic mass is 10.2. The third kappa shape index (κ3) is 5.29. The van der Waals surface area contributed by atoms with Gasteiger partial charge in [0.1, 0.15) is 5.69 Å². The molecule has 4 N–H and O–H groups in total. The Labute approximate surface area is 184 Å². The van der Waals surface area contributed by atoms with Crippen molar-refractivity contribution in [2.24, 2.45) is 15.3 Å². The maximum absolute atomic E-state index is 12.4. The van der Waals surface area contributed by atoms with Gasteiger partial charge in [0.2, 0.25) is 5.88 Å². The van der Waals surface area contributed by atoms with Crippen LogP contribution in [0.2, 0.25) is 0 Å². The van der Waals surface area contributed by atoms with E-state index in [0.717, 1.165) is 0 Å². The first-order chi connectivity index (χ1) is 15.4. The molecular formula is C22H23N7O3. The second-order valence-corrected chi connectivity index (χ2v) is 6.96. The van der Waals surface area contributed by atoms with Crippen molar-refractivity contribution in [1.82, 2.24) is 9.88 Å². The van der Waals surface area contributed by atoms with Gasteiger partial charge in [-0.2, -0.15) is 10.2 Å². The van der Waals surface area contributed by atoms with E-state index < -0.39 is 0 Å². The van der Waals surface area contributed by atoms with E-state index in [1.54, 1.807) is 62.5 Å². The van der Waals surface area contributed by atoms with Crippen LogP contribution >= 0.6 is 0 Å². The lowest BCUT2D eigenvalue weighted by Gasteiger charge is -2.11. The van der Waals surface area contributed by atoms with Crippen LogP contribution in [0.25, 0.3) is 0 Å². The first-order valence-corrected chi connectivity index (χ1v) is 9.81. The molecule has 0 fully saturated rings. The zero-order valence-corrected chi connectivity index (χ0v) is 17.7. The van der Waals surface area contributed by atoms with Gasteiger partial charge >= 0.3 is 0 Å². The molecule has 3 aromatic rings. The lowest BCUT2D eigenvalue weighted by molar-refractivity contribution is 0.102. The summed E-state index contributed by atoms with van der Waals surface area (Å²) in [5.74, 6) is -0.563. The average molecular weight is 433 g/mol. The number of anilines is 1. The molecule has 0 aliphatic carbocycles. The number of hydrogen-bond acceptors (Lipinski definition) is 8. The Morgan fingerprint density at radius 1 is 1.09 bits per heavy atom. The number of rotatable bonds is 8. The van der Waals surface area contributed by atoms with Crippen LogP contribution in [-0.4, -0.2) is 29.2 Å². The van der Waals surface area contributed by atoms with Crippen molar-refractivity contribution < 1.29 is 9.90 Å². The molecule has 164 valence electrons. The molecule has 0 aliphatic rings. The molecule has 10 nitrogen and oxygen atoms in total. The first-order valence-electron chi connectivity index (χ1n) is 9.81. The summed E-state index contributed by atoms with van der Waals surface area (Å²) in [6.07, 6.45) is 0. The highest BCUT2D eigenvalue weighted by Gasteiger charge is 2.12. The topological polar surface area (TPSA) is 144 Å². The van der Waals surface area contributed by atoms with Crippen LogP contribution in [0.15, 0.2) is 74.7 Å². The number of pyridine rings is 1. The predicted octanol–water partition coefficient (Wildman–Crippen LogP) is 4.41. The van der Waals surface area contributed by atoms with Gasteiger partial charge in [0.05, 0.1) is 11.4 Å². The minimum Gasteiger partial charge on any atom is -0.493 e. The van der Waals surface area contributed by atoms with Crippen molar-refractivity contribution in [2.45, 2.75) is 13.5 Å². The Bertz CT molecular complexity index is 1220. The zero-order chi connectivity index (χ0) is 23.1. The van der Waals surface area contributed by atoms with E-state index in [0.29, 0.717) is 41.3 Å². The summed E-state index contributed by atoms with van der Waals surface area (Å²) < 4.78 is 1.23. The molecule has 0 bridgehead atoms. The highest BCUT2D eigenvalue weighted by atomic mass is 16.3. The summed E-state index contributed by atoms with van der Waals surface area (Å²) in [6.45, 7) is 2.49. The number of benzene rings is 2. The number of aryl methyl sites for hydroxylation is 1. The molecule has 0 unspecified atom stereocenters. The number of aromatic hydroxyl groups is 1. The lowest BCUT2D eigenvalue weighted by Crippen LogP contribution is -2.25. The summed E-state index contributed by atoms with van der Waals surface area (Å²) >= 11 is 0. The van der Waals surface area contributed by atoms with Gasteiger partial charge in [-0.3, -0.25) is 14.2 Å². The van der Waals surface area contributed by atoms with E-state index in [4.69, 9.17) is 5.53 Å². The maximum Gasteiger partial charge on any atom is 0.255 e. The standard InChI is InChI=1S/C22H23N7O3/c1-14-12-19(30)29(11-10-24-2)22(32)20(14)28-27-16-8-6-15(7-9-16)21(31)25-17-4-3-5-18(13-17)26-23/h3-9,12-13,23-24,32H,10-11H2,1-2H3,(H,25,31). The molecule has 0 saturated heterocycles. The normalized spacial score (nSPS) is 10.9. The molecule has 3 rings (SSSR count). The van der Waals surface area contributed by atoms with Crippen LogP contribution in [0.5, 0.6) is 5.88 Å². The van der Waals surface area contributed by atoms with Gasteiger partial charge in [-0.15, -0.1) is 5.11 Å². The Kier molecular flexibility index (Phi) is 7.19. The quantitative estimate of drug-likeness (QED) is 0.390. The van der Waals surface area contributed by atoms with Crippen LogP contribution in [-0.2, 0) is 6.54 Å². The van der Waals surface area contributed by atoms with E-state index in [2.05, 4.69) is 26.0 Å². The summed E-state index contributed by atoms with van der Waals surface area (Å²) in [5.41, 5.74) is 9.32. The van der Waals surface area contributed by atoms with Gasteiger partial charge < -0.3 is 15.7 Å². The molecule has 10 heteroatoms. The van der Waals surface area contributed by atoms with Crippen molar-refractivity contribution in [1.29, 1.82) is 5.53 Å². The van der Waals surface area contributed by atoms with Crippen LogP contribution in [0.1, 0.15) is 15.9 Å². The zero-order valence-electron chi connectivity index (χ0n) is 17.7. The van der Waals surface area contributed by atoms with E-state index in [9.17, 15) is 14.7 Å². The van der Waals surface area contributed by atoms with Gasteiger partial charge in [-0.25, -0.2) is 5.53 Å². The van der Waals surface area contributed by atoms with Crippen molar-refractivity contribution in [2.75, 3.05) is 18.9 Å². The Hall–Kier alpha value is -4.18. The summed E-state index contributed by atoms with van der Waals surface area (Å²) in [5, 5.41) is 27.7. The fourth-order valence-electron chi connectivity index (χ4n) is 2.95. The number of carbonyl (C=O) groups is 1. The van der Waals surface area contributed by atoms with Crippen molar-refractivity contribution in [3.63, 3.8) is 0 Å². The number of nitrogens with one attached hydrogen (secondary N) is 3. The van der Waals surface area contributed by atoms with Crippen LogP contribution in [0.3, 0.4) is 0 Å². The van der Waals surface area contributed by atoms with Gasteiger partial charge in [0.25, 0.3) is 11.5 Å². The fourth-order valence-corrected chi connectivity index (χ4v) is 2.95. The van der Waals surface area contributed by atoms with E-state index in [1.165, 1.54) is 10.6 Å². The fraction of sp³-hybridized carbons (Fsp3) is 0.182. The molecule has 1 amide bonds. The molecule has 0 radical (unpaired) electrons. The number of nitrogens with zero attached hydrogens (tertiary/aromatic N) is 4. The first kappa shape index (κ1) is 22.5. The number of amides is 1. The molecule has 0 atom stereocenters. The summed E-state index contributed by atoms with van der Waals surface area (Å²) in [7, 11) is 1.76. The van der Waals surface area contributed by atoms with Gasteiger partial charge in [-0.1, -0.05) is 6.07 Å². The second kappa shape index (κ2) is 10.2. The Balaban J connectivity index is 1.76. The SMILES string of the molecule is CNCCn1c(O)c(N=Nc2ccc(C(=O)Nc3cccc(N=N)c3)cc2)c(C)cc1=O. The van der Waals surface area contributed by atoms with Gasteiger partial charge in [-0.05, 0) is 62.0 Å². The van der Waals surface area contributed by atoms with Crippen LogP contribution < -0.4 is 16.2 Å². The monoisotopic (exact) mass is 433 g/mol. The largest absolute Gasteiger partial charge is 0.493 e. The number of likely N-dealkylation sites (N-methyl/N-ethyl adjacent to an activating group) is 1. The minimum atomic E-state index is -0.319. The number of azo groups is 1. The summed E-state index contributed by atoms with van der Waals surface area (Å²) in [4.78, 5) is 24.5. The number of hydrogen-bond donors (Lipinski definition) is 4. The van der Waals surface area contributed by atoms with Crippen molar-refractivity contribution in [3.05, 3.63) is 76.1 Å². The van der Waals surface area contributed by atoms with Gasteiger partial charge in [0, 0.05) is 30.4 Å². The third-order valence-corrected chi connectivity index (χ3v) is 4.66. The molecule has 0 aliphatic heterocycles. The number of carbonyl (C=O) groups excluding carboxylic acids is 1. The molecule has 1 aromatic heterocycles. The highest BCUT2D eigenvalue weighted by Crippen LogP contribution is 2.30. The predicted molar refractivity (Wildman–Crippen MR) is 121 cm³/mol. The van der Waals surface area contributed by atoms with E-state index in [1.807, 2.05) is 0 Å². The smallest absolute Gasteiger partial charge is 0.255 e. The molecule has 32 heavy (non-hydrogen) atoms. The van der Waals surface area contributed by atoms with Crippen molar-refractivity contribution in [3.8, 4) is 5.88 Å². The van der Waals surface area contributed by atoms with E-state index >= 15 is 0 Å². The second-order valence-electron chi connectivity index (χ2n) is 6.96. The van der Waals surface area contributed by atoms with Crippen molar-refractivity contribution >= 4 is 28.7 Å². The minimum absolute atomic E-state index is 0.210. The Morgan fingerprint density at radius 2 is 1.84 bits per heavy atom. The third-order valence-electron chi connectivity index (χ3n) is 4.66. The molecule has 0 spiro atoms. The number of aromatic nitrogens is 1. The Morgan fingerprint density at radius 3 is 2.53 bits per heavy atom. The molecule has 0 saturated carbocycles. The molecular weight excluding hydrogens is 410 g/mol. The van der Waals surface area contributed by atoms with E-state index in [-0.39, 0.29) is 23.0 Å². The average Bonchev–Trinajstić information content (AvgIpc) is 2.79. The highest BCUT2D eigenvalue weighted by molar-refractivity contribution is 6.04. The molecule has 1 heterocycles. The maximum atomic E-state index is 12.4. The summed E-state index contributed by atoms with van der Waals surface area (Å²) in [6, 6.07) is 14.5. The molecule has 2 aromatic carbocycles. The van der Waals surface area contributed by atoms with Crippen LogP contribution in [0, 0.1) is 12.5 Å². The van der Waals surface area contributed by atoms with Crippen LogP contribution in [0.4, 0.5) is 22.7 Å².